The van der Waals surface area contributed by atoms with Crippen LogP contribution in [0.2, 0.25) is 0 Å². The minimum Gasteiger partial charge on any atom is -0.0628 e. The van der Waals surface area contributed by atoms with Gasteiger partial charge in [-0.05, 0) is 42.4 Å². The van der Waals surface area contributed by atoms with E-state index in [4.69, 9.17) is 0 Å². The molecule has 0 aliphatic heterocycles. The average Bonchev–Trinajstić information content (AvgIpc) is 1.98. The number of hydrogen-bond acceptors (Lipinski definition) is 0. The molecule has 0 aliphatic rings. The van der Waals surface area contributed by atoms with Crippen molar-refractivity contribution in [1.29, 1.82) is 0 Å². The topological polar surface area (TPSA) is 0 Å². The summed E-state index contributed by atoms with van der Waals surface area (Å²) in [4.78, 5) is 0. The van der Waals surface area contributed by atoms with Crippen LogP contribution in [0.25, 0.3) is 0 Å². The third-order valence-electron chi connectivity index (χ3n) is 3.17. The van der Waals surface area contributed by atoms with Crippen LogP contribution in [0.4, 0.5) is 0 Å². The molecule has 0 heteroatoms. The molecule has 0 aromatic heterocycles. The summed E-state index contributed by atoms with van der Waals surface area (Å²) in [6.45, 7) is 16.6. The van der Waals surface area contributed by atoms with Gasteiger partial charge in [0.25, 0.3) is 0 Å². The zero-order valence-corrected chi connectivity index (χ0v) is 12.1. The first-order chi connectivity index (χ1) is 6.73. The van der Waals surface area contributed by atoms with Crippen LogP contribution in [0.15, 0.2) is 0 Å². The van der Waals surface area contributed by atoms with Gasteiger partial charge in [-0.25, -0.2) is 0 Å². The summed E-state index contributed by atoms with van der Waals surface area (Å²) >= 11 is 0. The molecule has 0 radical (unpaired) electrons. The molecule has 0 nitrogen and oxygen atoms in total. The summed E-state index contributed by atoms with van der Waals surface area (Å²) in [6.07, 6.45) is 5.53. The zero-order chi connectivity index (χ0) is 12.1. The predicted octanol–water partition coefficient (Wildman–Crippen LogP) is 5.52. The van der Waals surface area contributed by atoms with E-state index >= 15 is 0 Å². The van der Waals surface area contributed by atoms with E-state index < -0.39 is 0 Å². The molecule has 0 saturated heterocycles. The molecule has 1 unspecified atom stereocenters. The van der Waals surface area contributed by atoms with E-state index in [0.717, 1.165) is 17.8 Å². The normalized spacial score (nSPS) is 15.0. The van der Waals surface area contributed by atoms with Crippen molar-refractivity contribution in [2.24, 2.45) is 23.2 Å². The molecule has 0 saturated carbocycles. The Hall–Kier alpha value is 0. The maximum Gasteiger partial charge on any atom is -0.0352 e. The summed E-state index contributed by atoms with van der Waals surface area (Å²) in [5, 5.41) is 0. The van der Waals surface area contributed by atoms with E-state index in [1.165, 1.54) is 25.7 Å². The van der Waals surface area contributed by atoms with E-state index in [2.05, 4.69) is 48.5 Å². The van der Waals surface area contributed by atoms with Gasteiger partial charge in [-0.1, -0.05) is 54.9 Å². The lowest BCUT2D eigenvalue weighted by Gasteiger charge is -2.29. The standard InChI is InChI=1S/C15H32/c1-12(2)8-9-15(6,7)11-14(5)10-13(3)4/h12-14H,8-11H2,1-7H3. The maximum absolute atomic E-state index is 2.44. The predicted molar refractivity (Wildman–Crippen MR) is 71.1 cm³/mol. The first-order valence-corrected chi connectivity index (χ1v) is 6.73. The Morgan fingerprint density at radius 1 is 0.867 bits per heavy atom. The largest absolute Gasteiger partial charge is 0.0628 e. The fourth-order valence-electron chi connectivity index (χ4n) is 2.61. The minimum absolute atomic E-state index is 0.540. The molecule has 0 N–H and O–H groups in total. The molecule has 92 valence electrons. The Kier molecular flexibility index (Phi) is 6.55. The van der Waals surface area contributed by atoms with Gasteiger partial charge in [0, 0.05) is 0 Å². The quantitative estimate of drug-likeness (QED) is 0.521. The second-order valence-corrected chi connectivity index (χ2v) is 7.04. The lowest BCUT2D eigenvalue weighted by Crippen LogP contribution is -2.17. The van der Waals surface area contributed by atoms with E-state index in [1.807, 2.05) is 0 Å². The third-order valence-corrected chi connectivity index (χ3v) is 3.17. The molecule has 15 heavy (non-hydrogen) atoms. The highest BCUT2D eigenvalue weighted by Gasteiger charge is 2.21. The summed E-state index contributed by atoms with van der Waals surface area (Å²) < 4.78 is 0. The van der Waals surface area contributed by atoms with Crippen molar-refractivity contribution in [2.45, 2.75) is 74.1 Å². The summed E-state index contributed by atoms with van der Waals surface area (Å²) in [6, 6.07) is 0. The van der Waals surface area contributed by atoms with Crippen molar-refractivity contribution in [3.63, 3.8) is 0 Å². The van der Waals surface area contributed by atoms with Crippen LogP contribution in [0.5, 0.6) is 0 Å². The van der Waals surface area contributed by atoms with Crippen LogP contribution in [-0.2, 0) is 0 Å². The Morgan fingerprint density at radius 2 is 1.40 bits per heavy atom. The molecule has 0 aliphatic carbocycles. The van der Waals surface area contributed by atoms with Gasteiger partial charge in [0.1, 0.15) is 0 Å². The van der Waals surface area contributed by atoms with Crippen molar-refractivity contribution in [2.75, 3.05) is 0 Å². The zero-order valence-electron chi connectivity index (χ0n) is 12.1. The monoisotopic (exact) mass is 212 g/mol. The van der Waals surface area contributed by atoms with Crippen molar-refractivity contribution >= 4 is 0 Å². The van der Waals surface area contributed by atoms with E-state index in [9.17, 15) is 0 Å². The molecule has 0 rings (SSSR count). The van der Waals surface area contributed by atoms with Gasteiger partial charge >= 0.3 is 0 Å². The fourth-order valence-corrected chi connectivity index (χ4v) is 2.61. The van der Waals surface area contributed by atoms with Gasteiger partial charge < -0.3 is 0 Å². The van der Waals surface area contributed by atoms with Crippen molar-refractivity contribution in [3.8, 4) is 0 Å². The third kappa shape index (κ3) is 8.96. The second kappa shape index (κ2) is 6.55. The van der Waals surface area contributed by atoms with Crippen molar-refractivity contribution in [1.82, 2.24) is 0 Å². The minimum atomic E-state index is 0.540. The van der Waals surface area contributed by atoms with Gasteiger partial charge in [0.2, 0.25) is 0 Å². The van der Waals surface area contributed by atoms with E-state index in [1.54, 1.807) is 0 Å². The Bertz CT molecular complexity index is 153. The highest BCUT2D eigenvalue weighted by atomic mass is 14.3. The van der Waals surface area contributed by atoms with Crippen LogP contribution in [0.3, 0.4) is 0 Å². The molecule has 0 amide bonds. The van der Waals surface area contributed by atoms with Gasteiger partial charge in [-0.15, -0.1) is 0 Å². The molecule has 0 heterocycles. The second-order valence-electron chi connectivity index (χ2n) is 7.04. The lowest BCUT2D eigenvalue weighted by molar-refractivity contribution is 0.223. The maximum atomic E-state index is 2.44. The molecule has 0 aromatic carbocycles. The average molecular weight is 212 g/mol. The van der Waals surface area contributed by atoms with Gasteiger partial charge in [-0.3, -0.25) is 0 Å². The molecular formula is C15H32. The highest BCUT2D eigenvalue weighted by Crippen LogP contribution is 2.33. The van der Waals surface area contributed by atoms with Crippen molar-refractivity contribution < 1.29 is 0 Å². The summed E-state index contributed by atoms with van der Waals surface area (Å²) in [7, 11) is 0. The van der Waals surface area contributed by atoms with Crippen LogP contribution in [-0.4, -0.2) is 0 Å². The first-order valence-electron chi connectivity index (χ1n) is 6.73. The van der Waals surface area contributed by atoms with Crippen LogP contribution in [0.1, 0.15) is 74.1 Å². The molecular weight excluding hydrogens is 180 g/mol. The molecule has 0 bridgehead atoms. The molecule has 0 aromatic rings. The SMILES string of the molecule is CC(C)CCC(C)(C)CC(C)CC(C)C. The molecule has 0 fully saturated rings. The van der Waals surface area contributed by atoms with E-state index in [0.29, 0.717) is 5.41 Å². The fraction of sp³-hybridized carbons (Fsp3) is 1.00. The van der Waals surface area contributed by atoms with Gasteiger partial charge in [-0.2, -0.15) is 0 Å². The van der Waals surface area contributed by atoms with Crippen LogP contribution >= 0.6 is 0 Å². The highest BCUT2D eigenvalue weighted by molar-refractivity contribution is 4.73. The number of hydrogen-bond donors (Lipinski definition) is 0. The number of rotatable bonds is 7. The summed E-state index contributed by atoms with van der Waals surface area (Å²) in [5.41, 5.74) is 0.540. The Morgan fingerprint density at radius 3 is 1.80 bits per heavy atom. The van der Waals surface area contributed by atoms with E-state index in [-0.39, 0.29) is 0 Å². The van der Waals surface area contributed by atoms with Gasteiger partial charge in [0.15, 0.2) is 0 Å². The Balaban J connectivity index is 3.90. The van der Waals surface area contributed by atoms with Gasteiger partial charge in [0.05, 0.1) is 0 Å². The summed E-state index contributed by atoms with van der Waals surface area (Å²) in [5.74, 6) is 2.58. The first kappa shape index (κ1) is 15.0. The molecule has 0 spiro atoms. The molecule has 1 atom stereocenters. The Labute approximate surface area is 97.8 Å². The van der Waals surface area contributed by atoms with Crippen molar-refractivity contribution in [3.05, 3.63) is 0 Å². The lowest BCUT2D eigenvalue weighted by atomic mass is 9.76. The van der Waals surface area contributed by atoms with Crippen LogP contribution in [0, 0.1) is 23.2 Å². The van der Waals surface area contributed by atoms with Crippen LogP contribution < -0.4 is 0 Å². The smallest absolute Gasteiger partial charge is 0.0352 e.